The molecular formula is C27H32N4O4S. The van der Waals surface area contributed by atoms with Gasteiger partial charge in [0.15, 0.2) is 0 Å². The van der Waals surface area contributed by atoms with Gasteiger partial charge in [-0.1, -0.05) is 54.6 Å². The third-order valence-corrected chi connectivity index (χ3v) is 7.78. The second-order valence-corrected chi connectivity index (χ2v) is 10.9. The maximum atomic E-state index is 13.6. The molecule has 1 unspecified atom stereocenters. The number of urea groups is 1. The Balaban J connectivity index is 1.59. The van der Waals surface area contributed by atoms with Gasteiger partial charge in [0.05, 0.1) is 11.4 Å². The third kappa shape index (κ3) is 6.22. The van der Waals surface area contributed by atoms with Gasteiger partial charge in [-0.3, -0.25) is 4.79 Å². The van der Waals surface area contributed by atoms with E-state index in [-0.39, 0.29) is 29.4 Å². The van der Waals surface area contributed by atoms with Crippen molar-refractivity contribution in [3.8, 4) is 0 Å². The molecule has 1 fully saturated rings. The standard InChI is InChI=1S/C27H32N4O4S/c1-20-7-5-6-16-30(20)27(33)31(19-23-12-10-22(11-13-23)18-28-21(2)32)29-36(34,35)26-15-14-24-8-3-4-9-25(24)17-26/h3-4,8-15,17,20,29H,5-7,16,18-19H2,1-2H3,(H,28,32). The van der Waals surface area contributed by atoms with Crippen molar-refractivity contribution in [2.45, 2.75) is 57.1 Å². The van der Waals surface area contributed by atoms with Crippen LogP contribution in [-0.4, -0.2) is 42.9 Å². The van der Waals surface area contributed by atoms with E-state index in [2.05, 4.69) is 10.1 Å². The van der Waals surface area contributed by atoms with Crippen molar-refractivity contribution >= 4 is 32.7 Å². The fourth-order valence-electron chi connectivity index (χ4n) is 4.38. The fraction of sp³-hybridized carbons (Fsp3) is 0.333. The van der Waals surface area contributed by atoms with E-state index in [9.17, 15) is 18.0 Å². The van der Waals surface area contributed by atoms with E-state index >= 15 is 0 Å². The van der Waals surface area contributed by atoms with Gasteiger partial charge in [-0.15, -0.1) is 4.83 Å². The van der Waals surface area contributed by atoms with Crippen LogP contribution in [0.25, 0.3) is 10.8 Å². The largest absolute Gasteiger partial charge is 0.352 e. The Kier molecular flexibility index (Phi) is 7.91. The lowest BCUT2D eigenvalue weighted by molar-refractivity contribution is -0.119. The van der Waals surface area contributed by atoms with Crippen molar-refractivity contribution in [1.29, 1.82) is 0 Å². The average Bonchev–Trinajstić information content (AvgIpc) is 2.87. The lowest BCUT2D eigenvalue weighted by Crippen LogP contribution is -2.54. The van der Waals surface area contributed by atoms with Gasteiger partial charge < -0.3 is 10.2 Å². The second-order valence-electron chi connectivity index (χ2n) is 9.24. The molecule has 3 aromatic carbocycles. The van der Waals surface area contributed by atoms with Crippen molar-refractivity contribution in [2.75, 3.05) is 6.54 Å². The first-order valence-corrected chi connectivity index (χ1v) is 13.6. The molecule has 1 atom stereocenters. The Morgan fingerprint density at radius 2 is 1.67 bits per heavy atom. The zero-order valence-corrected chi connectivity index (χ0v) is 21.4. The Bertz CT molecular complexity index is 1340. The predicted molar refractivity (Wildman–Crippen MR) is 139 cm³/mol. The molecule has 9 heteroatoms. The molecule has 3 aromatic rings. The molecule has 190 valence electrons. The van der Waals surface area contributed by atoms with Gasteiger partial charge in [-0.25, -0.2) is 18.2 Å². The number of hydrogen-bond acceptors (Lipinski definition) is 4. The van der Waals surface area contributed by atoms with E-state index in [1.54, 1.807) is 23.1 Å². The van der Waals surface area contributed by atoms with Crippen LogP contribution in [0.1, 0.15) is 44.2 Å². The number of sulfonamides is 1. The molecule has 0 saturated carbocycles. The lowest BCUT2D eigenvalue weighted by atomic mass is 10.0. The van der Waals surface area contributed by atoms with Crippen LogP contribution < -0.4 is 10.1 Å². The van der Waals surface area contributed by atoms with Gasteiger partial charge >= 0.3 is 6.03 Å². The number of amides is 3. The molecule has 0 spiro atoms. The van der Waals surface area contributed by atoms with Gasteiger partial charge in [0, 0.05) is 26.1 Å². The summed E-state index contributed by atoms with van der Waals surface area (Å²) in [4.78, 5) is 29.1. The minimum Gasteiger partial charge on any atom is -0.352 e. The summed E-state index contributed by atoms with van der Waals surface area (Å²) >= 11 is 0. The number of fused-ring (bicyclic) bond motifs is 1. The van der Waals surface area contributed by atoms with E-state index in [0.29, 0.717) is 13.1 Å². The first-order chi connectivity index (χ1) is 17.2. The van der Waals surface area contributed by atoms with Crippen molar-refractivity contribution in [1.82, 2.24) is 20.1 Å². The smallest absolute Gasteiger partial charge is 0.335 e. The summed E-state index contributed by atoms with van der Waals surface area (Å²) in [5, 5.41) is 5.68. The highest BCUT2D eigenvalue weighted by atomic mass is 32.2. The van der Waals surface area contributed by atoms with Crippen LogP contribution in [0.15, 0.2) is 71.6 Å². The van der Waals surface area contributed by atoms with E-state index in [4.69, 9.17) is 0 Å². The highest BCUT2D eigenvalue weighted by Gasteiger charge is 2.30. The molecule has 0 aromatic heterocycles. The maximum absolute atomic E-state index is 13.6. The molecule has 0 aliphatic carbocycles. The molecule has 36 heavy (non-hydrogen) atoms. The van der Waals surface area contributed by atoms with Crippen LogP contribution in [0.2, 0.25) is 0 Å². The van der Waals surface area contributed by atoms with Crippen LogP contribution in [0.5, 0.6) is 0 Å². The van der Waals surface area contributed by atoms with Gasteiger partial charge in [0.1, 0.15) is 0 Å². The number of hydrogen-bond donors (Lipinski definition) is 2. The molecular weight excluding hydrogens is 476 g/mol. The van der Waals surface area contributed by atoms with E-state index < -0.39 is 10.0 Å². The predicted octanol–water partition coefficient (Wildman–Crippen LogP) is 4.17. The van der Waals surface area contributed by atoms with E-state index in [0.717, 1.165) is 41.2 Å². The van der Waals surface area contributed by atoms with Gasteiger partial charge in [0.25, 0.3) is 10.0 Å². The fourth-order valence-corrected chi connectivity index (χ4v) is 5.45. The van der Waals surface area contributed by atoms with Crippen molar-refractivity contribution in [2.24, 2.45) is 0 Å². The van der Waals surface area contributed by atoms with Crippen molar-refractivity contribution in [3.63, 3.8) is 0 Å². The number of carbonyl (C=O) groups is 2. The third-order valence-electron chi connectivity index (χ3n) is 6.45. The molecule has 1 aliphatic rings. The topological polar surface area (TPSA) is 98.8 Å². The molecule has 4 rings (SSSR count). The first-order valence-electron chi connectivity index (χ1n) is 12.1. The van der Waals surface area contributed by atoms with E-state index in [1.807, 2.05) is 55.5 Å². The molecule has 8 nitrogen and oxygen atoms in total. The lowest BCUT2D eigenvalue weighted by Gasteiger charge is -2.37. The minimum atomic E-state index is -4.02. The highest BCUT2D eigenvalue weighted by molar-refractivity contribution is 7.89. The van der Waals surface area contributed by atoms with Crippen LogP contribution in [0.3, 0.4) is 0 Å². The number of likely N-dealkylation sites (tertiary alicyclic amines) is 1. The van der Waals surface area contributed by atoms with Gasteiger partial charge in [0.2, 0.25) is 5.91 Å². The maximum Gasteiger partial charge on any atom is 0.335 e. The number of piperidine rings is 1. The summed E-state index contributed by atoms with van der Waals surface area (Å²) in [6.45, 7) is 4.50. The Morgan fingerprint density at radius 1 is 0.972 bits per heavy atom. The van der Waals surface area contributed by atoms with Crippen LogP contribution in [0.4, 0.5) is 4.79 Å². The number of carbonyl (C=O) groups excluding carboxylic acids is 2. The molecule has 1 saturated heterocycles. The van der Waals surface area contributed by atoms with Gasteiger partial charge in [-0.2, -0.15) is 0 Å². The monoisotopic (exact) mass is 508 g/mol. The number of nitrogens with zero attached hydrogens (tertiary/aromatic N) is 2. The molecule has 1 heterocycles. The Labute approximate surface area is 212 Å². The van der Waals surface area contributed by atoms with Crippen LogP contribution >= 0.6 is 0 Å². The van der Waals surface area contributed by atoms with Gasteiger partial charge in [-0.05, 0) is 60.2 Å². The summed E-state index contributed by atoms with van der Waals surface area (Å²) < 4.78 is 26.8. The van der Waals surface area contributed by atoms with Crippen LogP contribution in [-0.2, 0) is 27.9 Å². The summed E-state index contributed by atoms with van der Waals surface area (Å²) in [7, 11) is -4.02. The molecule has 3 amide bonds. The summed E-state index contributed by atoms with van der Waals surface area (Å²) in [6.07, 6.45) is 2.82. The Morgan fingerprint density at radius 3 is 2.36 bits per heavy atom. The van der Waals surface area contributed by atoms with E-state index in [1.165, 1.54) is 11.9 Å². The zero-order chi connectivity index (χ0) is 25.7. The quantitative estimate of drug-likeness (QED) is 0.468. The minimum absolute atomic E-state index is 0.0268. The number of hydrazine groups is 1. The molecule has 1 aliphatic heterocycles. The zero-order valence-electron chi connectivity index (χ0n) is 20.6. The second kappa shape index (κ2) is 11.1. The average molecular weight is 509 g/mol. The van der Waals surface area contributed by atoms with Crippen molar-refractivity contribution in [3.05, 3.63) is 77.9 Å². The first kappa shape index (κ1) is 25.7. The SMILES string of the molecule is CC(=O)NCc1ccc(CN(NS(=O)(=O)c2ccc3ccccc3c2)C(=O)N2CCCCC2C)cc1. The van der Waals surface area contributed by atoms with Crippen molar-refractivity contribution < 1.29 is 18.0 Å². The normalized spacial score (nSPS) is 16.1. The van der Waals surface area contributed by atoms with Crippen LogP contribution in [0, 0.1) is 0 Å². The summed E-state index contributed by atoms with van der Waals surface area (Å²) in [6, 6.07) is 19.5. The molecule has 2 N–H and O–H groups in total. The Hall–Kier alpha value is -3.43. The number of benzene rings is 3. The number of rotatable bonds is 7. The highest BCUT2D eigenvalue weighted by Crippen LogP contribution is 2.22. The summed E-state index contributed by atoms with van der Waals surface area (Å²) in [5.41, 5.74) is 1.68. The molecule has 0 bridgehead atoms. The summed E-state index contributed by atoms with van der Waals surface area (Å²) in [5.74, 6) is -0.116. The molecule has 0 radical (unpaired) electrons. The number of nitrogens with one attached hydrogen (secondary N) is 2.